The van der Waals surface area contributed by atoms with E-state index in [1.165, 1.54) is 26.4 Å². The van der Waals surface area contributed by atoms with Crippen molar-refractivity contribution in [3.63, 3.8) is 0 Å². The number of rotatable bonds is 3. The van der Waals surface area contributed by atoms with Gasteiger partial charge in [-0.05, 0) is 17.2 Å². The van der Waals surface area contributed by atoms with Gasteiger partial charge in [0.25, 0.3) is 0 Å². The monoisotopic (exact) mass is 280 g/mol. The number of methoxy groups -OCH3 is 2. The van der Waals surface area contributed by atoms with E-state index in [4.69, 9.17) is 9.47 Å². The van der Waals surface area contributed by atoms with Crippen LogP contribution in [0.25, 0.3) is 0 Å². The Labute approximate surface area is 165 Å². The fraction of sp³-hybridized carbons (Fsp3) is 0.143. The number of ether oxygens (including phenoxy) is 2. The summed E-state index contributed by atoms with van der Waals surface area (Å²) < 4.78 is 10.3. The molecule has 2 aliphatic carbocycles. The zero-order valence-electron chi connectivity index (χ0n) is 13.5. The Morgan fingerprint density at radius 3 is 2.18 bits per heavy atom. The fourth-order valence-corrected chi connectivity index (χ4v) is 1.99. The van der Waals surface area contributed by atoms with E-state index in [0.29, 0.717) is 28.6 Å². The van der Waals surface area contributed by atoms with E-state index in [-0.39, 0.29) is 62.2 Å². The molecule has 8 heteroatoms. The van der Waals surface area contributed by atoms with Crippen molar-refractivity contribution < 1.29 is 62.2 Å². The number of carboxylic acid groups (broad SMARTS) is 1. The summed E-state index contributed by atoms with van der Waals surface area (Å²) in [5.41, 5.74) is 0.541. The second-order valence-corrected chi connectivity index (χ2v) is 3.95. The molecule has 0 spiro atoms. The number of aliphatic carboxylic acids is 1. The van der Waals surface area contributed by atoms with Crippen LogP contribution in [0.2, 0.25) is 0 Å². The number of hydrogen-bond acceptors (Lipinski definition) is 5. The van der Waals surface area contributed by atoms with Crippen LogP contribution < -0.4 is 47.9 Å². The molecule has 0 saturated carbocycles. The van der Waals surface area contributed by atoms with Crippen molar-refractivity contribution in [3.05, 3.63) is 64.7 Å². The van der Waals surface area contributed by atoms with E-state index in [2.05, 4.69) is 6.58 Å². The second-order valence-electron chi connectivity index (χ2n) is 3.95. The number of carbonyl (C=O) groups is 1. The van der Waals surface area contributed by atoms with Crippen LogP contribution in [-0.4, -0.2) is 39.0 Å². The first-order valence-corrected chi connectivity index (χ1v) is 5.42. The molecule has 5 nitrogen and oxygen atoms in total. The predicted octanol–water partition coefficient (Wildman–Crippen LogP) is -6.88. The molecule has 22 heavy (non-hydrogen) atoms. The van der Waals surface area contributed by atoms with Gasteiger partial charge in [-0.25, -0.2) is 0 Å². The van der Waals surface area contributed by atoms with Gasteiger partial charge >= 0.3 is 37.7 Å². The van der Waals surface area contributed by atoms with Gasteiger partial charge in [0.15, 0.2) is 11.5 Å². The zero-order valence-corrected chi connectivity index (χ0v) is 13.5. The predicted molar refractivity (Wildman–Crippen MR) is 68.4 cm³/mol. The molecule has 0 aromatic carbocycles. The molecule has 0 atom stereocenters. The Kier molecular flexibility index (Phi) is 10.2. The molecule has 0 aromatic heterocycles. The molecule has 0 heterocycles. The molecule has 100 valence electrons. The summed E-state index contributed by atoms with van der Waals surface area (Å²) in [6, 6.07) is 0. The normalized spacial score (nSPS) is 16.6. The van der Waals surface area contributed by atoms with Gasteiger partial charge in [0.1, 0.15) is 0 Å². The molecule has 2 radical (unpaired) electrons. The smallest absolute Gasteiger partial charge is 0.872 e. The summed E-state index contributed by atoms with van der Waals surface area (Å²) in [4.78, 5) is 10.9. The van der Waals surface area contributed by atoms with Gasteiger partial charge in [0.2, 0.25) is 0 Å². The fourth-order valence-electron chi connectivity index (χ4n) is 1.99. The maximum absolute atomic E-state index is 11.9. The molecular weight excluding hydrogens is 269 g/mol. The number of allylic oxidation sites excluding steroid dienone is 4. The molecular formula is C14H11Li3O5. The summed E-state index contributed by atoms with van der Waals surface area (Å²) in [6.07, 6.45) is 3.86. The third-order valence-electron chi connectivity index (χ3n) is 2.90. The van der Waals surface area contributed by atoms with Crippen LogP contribution in [0.4, 0.5) is 0 Å². The molecule has 0 amide bonds. The quantitative estimate of drug-likeness (QED) is 0.480. The van der Waals surface area contributed by atoms with Gasteiger partial charge in [-0.15, -0.1) is 5.76 Å². The van der Waals surface area contributed by atoms with E-state index in [1.54, 1.807) is 0 Å². The Bertz CT molecular complexity index is 587. The maximum Gasteiger partial charge on any atom is 1.00 e. The van der Waals surface area contributed by atoms with Crippen molar-refractivity contribution in [2.24, 2.45) is 0 Å². The molecule has 0 N–H and O–H groups in total. The van der Waals surface area contributed by atoms with Gasteiger partial charge in [0, 0.05) is 24.4 Å². The Morgan fingerprint density at radius 2 is 1.73 bits per heavy atom. The van der Waals surface area contributed by atoms with Crippen LogP contribution in [-0.2, 0) is 14.3 Å². The molecule has 0 aromatic rings. The summed E-state index contributed by atoms with van der Waals surface area (Å²) in [6.45, 7) is 3.81. The maximum atomic E-state index is 11.9. The van der Waals surface area contributed by atoms with E-state index in [9.17, 15) is 15.0 Å². The second kappa shape index (κ2) is 9.49. The Balaban J connectivity index is 0. The van der Waals surface area contributed by atoms with Crippen LogP contribution >= 0.6 is 0 Å². The molecule has 0 aliphatic heterocycles. The van der Waals surface area contributed by atoms with E-state index >= 15 is 0 Å². The topological polar surface area (TPSA) is 81.7 Å². The number of hydrogen-bond donors (Lipinski definition) is 0. The zero-order chi connectivity index (χ0) is 14.2. The van der Waals surface area contributed by atoms with E-state index in [1.807, 2.05) is 0 Å². The molecule has 2 aliphatic rings. The Hall–Kier alpha value is -0.638. The van der Waals surface area contributed by atoms with Crippen LogP contribution in [0.1, 0.15) is 0 Å². The SMILES string of the molecule is C=C1[C]2C=C(C(=O)[O-])C=C([O-])C2=CC(OC)=C1OC.[Li+].[Li+].[Li]. The number of carboxylic acids is 1. The minimum atomic E-state index is -1.41. The van der Waals surface area contributed by atoms with Gasteiger partial charge in [-0.1, -0.05) is 18.7 Å². The summed E-state index contributed by atoms with van der Waals surface area (Å²) in [5, 5.41) is 22.8. The third kappa shape index (κ3) is 4.21. The average molecular weight is 280 g/mol. The third-order valence-corrected chi connectivity index (χ3v) is 2.90. The first kappa shape index (κ1) is 23.6. The van der Waals surface area contributed by atoms with Crippen LogP contribution in [0.15, 0.2) is 58.8 Å². The molecule has 0 saturated heterocycles. The van der Waals surface area contributed by atoms with Gasteiger partial charge in [0.05, 0.1) is 26.1 Å². The minimum absolute atomic E-state index is 0. The average Bonchev–Trinajstić information content (AvgIpc) is 2.38. The van der Waals surface area contributed by atoms with Crippen LogP contribution in [0.5, 0.6) is 0 Å². The number of fused-ring (bicyclic) bond motifs is 1. The van der Waals surface area contributed by atoms with E-state index < -0.39 is 11.7 Å². The van der Waals surface area contributed by atoms with Crippen molar-refractivity contribution in [1.82, 2.24) is 0 Å². The van der Waals surface area contributed by atoms with Gasteiger partial charge < -0.3 is 24.5 Å². The van der Waals surface area contributed by atoms with Crippen LogP contribution in [0, 0.1) is 5.92 Å². The summed E-state index contributed by atoms with van der Waals surface area (Å²) in [5.74, 6) is -0.691. The molecule has 0 bridgehead atoms. The van der Waals surface area contributed by atoms with Crippen molar-refractivity contribution in [1.29, 1.82) is 0 Å². The minimum Gasteiger partial charge on any atom is -0.872 e. The van der Waals surface area contributed by atoms with Crippen molar-refractivity contribution >= 4 is 24.8 Å². The van der Waals surface area contributed by atoms with Crippen molar-refractivity contribution in [2.45, 2.75) is 0 Å². The first-order chi connectivity index (χ1) is 8.99. The Morgan fingerprint density at radius 1 is 1.14 bits per heavy atom. The summed E-state index contributed by atoms with van der Waals surface area (Å²) >= 11 is 0. The van der Waals surface area contributed by atoms with Crippen molar-refractivity contribution in [3.8, 4) is 0 Å². The van der Waals surface area contributed by atoms with Gasteiger partial charge in [-0.2, -0.15) is 0 Å². The standard InChI is InChI=1S/C14H13O5.3Li/c1-7-9-4-8(14(16)17)5-11(15)10(9)6-12(18-2)13(7)19-3;;;/h4-6,15H,1H2,2-3H3,(H,16,17);;;/q;;2*+1/p-2. The molecule has 0 unspecified atom stereocenters. The molecule has 2 rings (SSSR count). The molecule has 0 fully saturated rings. The van der Waals surface area contributed by atoms with E-state index in [0.717, 1.165) is 6.08 Å². The number of carbonyl (C=O) groups excluding carboxylic acids is 1. The largest absolute Gasteiger partial charge is 1.00 e. The van der Waals surface area contributed by atoms with Crippen molar-refractivity contribution in [2.75, 3.05) is 14.2 Å². The first-order valence-electron chi connectivity index (χ1n) is 5.42. The van der Waals surface area contributed by atoms with Gasteiger partial charge in [-0.3, -0.25) is 0 Å². The summed E-state index contributed by atoms with van der Waals surface area (Å²) in [7, 11) is 2.89. The van der Waals surface area contributed by atoms with Crippen LogP contribution in [0.3, 0.4) is 0 Å².